The fourth-order valence-electron chi connectivity index (χ4n) is 4.56. The summed E-state index contributed by atoms with van der Waals surface area (Å²) in [5, 5.41) is 22.1. The number of hydrogen-bond donors (Lipinski definition) is 2. The Morgan fingerprint density at radius 1 is 0.360 bits per heavy atom. The normalized spacial score (nSPS) is 11.0. The second kappa shape index (κ2) is 22.3. The summed E-state index contributed by atoms with van der Waals surface area (Å²) >= 11 is 0. The van der Waals surface area contributed by atoms with Gasteiger partial charge in [0, 0.05) is 0 Å². The molecule has 4 aromatic carbocycles. The van der Waals surface area contributed by atoms with E-state index in [1.807, 2.05) is 53.7 Å². The zero-order valence-corrected chi connectivity index (χ0v) is 37.4. The van der Waals surface area contributed by atoms with Crippen molar-refractivity contribution in [1.29, 1.82) is 0 Å². The summed E-state index contributed by atoms with van der Waals surface area (Å²) in [5.74, 6) is 0.797. The van der Waals surface area contributed by atoms with Crippen molar-refractivity contribution in [3.63, 3.8) is 0 Å². The number of rotatable bonds is 1. The van der Waals surface area contributed by atoms with Gasteiger partial charge in [0.2, 0.25) is 0 Å². The molecule has 4 heteroatoms. The van der Waals surface area contributed by atoms with E-state index in [1.54, 1.807) is 12.1 Å². The Bertz CT molecular complexity index is 1370. The van der Waals surface area contributed by atoms with Crippen molar-refractivity contribution in [3.8, 4) is 22.6 Å². The summed E-state index contributed by atoms with van der Waals surface area (Å²) in [7, 11) is 5.39. The highest BCUT2D eigenvalue weighted by atomic mass is 31.0. The Balaban J connectivity index is 0. The summed E-state index contributed by atoms with van der Waals surface area (Å²) in [6.45, 7) is 37.8. The monoisotopic (exact) mass is 721 g/mol. The molecule has 0 radical (unpaired) electrons. The molecular formula is C46H74O2P2. The van der Waals surface area contributed by atoms with Crippen LogP contribution in [0.4, 0.5) is 0 Å². The summed E-state index contributed by atoms with van der Waals surface area (Å²) < 4.78 is 0. The van der Waals surface area contributed by atoms with Gasteiger partial charge in [0.05, 0.1) is 0 Å². The van der Waals surface area contributed by atoms with Crippen LogP contribution in [0.5, 0.6) is 11.5 Å². The van der Waals surface area contributed by atoms with Crippen LogP contribution in [-0.2, 0) is 21.7 Å². The van der Waals surface area contributed by atoms with Crippen molar-refractivity contribution in [1.82, 2.24) is 0 Å². The molecule has 2 N–H and O–H groups in total. The zero-order valence-electron chi connectivity index (χ0n) is 35.1. The molecular weight excluding hydrogens is 646 g/mol. The molecule has 2 nitrogen and oxygen atoms in total. The third kappa shape index (κ3) is 17.5. The van der Waals surface area contributed by atoms with E-state index in [9.17, 15) is 10.2 Å². The quantitative estimate of drug-likeness (QED) is 0.192. The van der Waals surface area contributed by atoms with Gasteiger partial charge in [-0.3, -0.25) is 0 Å². The number of benzene rings is 4. The predicted octanol–water partition coefficient (Wildman–Crippen LogP) is 13.4. The highest BCUT2D eigenvalue weighted by Gasteiger charge is 2.23. The molecule has 4 aromatic rings. The molecule has 50 heavy (non-hydrogen) atoms. The second-order valence-corrected chi connectivity index (χ2v) is 17.0. The standard InChI is InChI=1S/2C14H22O.C12H12P2.3C2H6/c2*1-13(2,3)10-7-8-12(15)11(9-10)14(4,5)6;13-11-5-1-9(2-6-11)10-3-7-12(14)8-4-10;3*1-2/h2*7-9,15H,1-6H3;1-8H,13-14H2;3*1-2H3. The minimum absolute atomic E-state index is 0.00859. The van der Waals surface area contributed by atoms with Crippen LogP contribution in [0.2, 0.25) is 0 Å². The van der Waals surface area contributed by atoms with E-state index < -0.39 is 0 Å². The number of phenolic OH excluding ortho intramolecular Hbond substituents is 2. The zero-order chi connectivity index (χ0) is 39.7. The van der Waals surface area contributed by atoms with Gasteiger partial charge in [-0.15, -0.1) is 18.5 Å². The van der Waals surface area contributed by atoms with Gasteiger partial charge in [-0.25, -0.2) is 0 Å². The number of aromatic hydroxyl groups is 2. The lowest BCUT2D eigenvalue weighted by Gasteiger charge is -2.25. The minimum Gasteiger partial charge on any atom is -0.508 e. The van der Waals surface area contributed by atoms with E-state index in [2.05, 4.69) is 162 Å². The predicted molar refractivity (Wildman–Crippen MR) is 236 cm³/mol. The van der Waals surface area contributed by atoms with Crippen LogP contribution in [0, 0.1) is 0 Å². The van der Waals surface area contributed by atoms with Crippen LogP contribution >= 0.6 is 18.5 Å². The first kappa shape index (κ1) is 49.5. The number of phenols is 2. The van der Waals surface area contributed by atoms with Crippen molar-refractivity contribution in [3.05, 3.63) is 107 Å². The third-order valence-corrected chi connectivity index (χ3v) is 8.27. The minimum atomic E-state index is -0.00859. The van der Waals surface area contributed by atoms with Gasteiger partial charge in [-0.2, -0.15) is 0 Å². The van der Waals surface area contributed by atoms with Crippen LogP contribution in [0.3, 0.4) is 0 Å². The topological polar surface area (TPSA) is 40.5 Å². The maximum absolute atomic E-state index is 9.84. The molecule has 0 saturated heterocycles. The number of hydrogen-bond acceptors (Lipinski definition) is 2. The summed E-state index contributed by atoms with van der Waals surface area (Å²) in [4.78, 5) is 0. The SMILES string of the molecule is CC.CC.CC.CC(C)(C)c1ccc(O)c(C(C)(C)C)c1.CC(C)(C)c1ccc(O)c(C(C)(C)C)c1.Pc1ccc(-c2ccc(P)cc2)cc1. The second-order valence-electron chi connectivity index (χ2n) is 15.7. The summed E-state index contributed by atoms with van der Waals surface area (Å²) in [6, 6.07) is 28.8. The first-order valence-electron chi connectivity index (χ1n) is 18.4. The maximum Gasteiger partial charge on any atom is 0.119 e. The molecule has 0 spiro atoms. The molecule has 0 amide bonds. The summed E-state index contributed by atoms with van der Waals surface area (Å²) in [5.41, 5.74) is 7.36. The van der Waals surface area contributed by atoms with E-state index in [0.717, 1.165) is 11.1 Å². The van der Waals surface area contributed by atoms with E-state index in [-0.39, 0.29) is 21.7 Å². The lowest BCUT2D eigenvalue weighted by molar-refractivity contribution is 0.444. The summed E-state index contributed by atoms with van der Waals surface area (Å²) in [6.07, 6.45) is 0. The highest BCUT2D eigenvalue weighted by Crippen LogP contribution is 2.35. The van der Waals surface area contributed by atoms with Gasteiger partial charge >= 0.3 is 0 Å². The first-order chi connectivity index (χ1) is 23.0. The first-order valence-corrected chi connectivity index (χ1v) is 19.5. The molecule has 280 valence electrons. The van der Waals surface area contributed by atoms with Crippen LogP contribution < -0.4 is 10.6 Å². The van der Waals surface area contributed by atoms with Crippen LogP contribution in [0.15, 0.2) is 84.9 Å². The fraction of sp³-hybridized carbons (Fsp3) is 0.478. The lowest BCUT2D eigenvalue weighted by atomic mass is 9.80. The van der Waals surface area contributed by atoms with Crippen molar-refractivity contribution >= 4 is 29.1 Å². The highest BCUT2D eigenvalue weighted by molar-refractivity contribution is 7.27. The molecule has 0 aromatic heterocycles. The molecule has 4 rings (SSSR count). The largest absolute Gasteiger partial charge is 0.508 e. The van der Waals surface area contributed by atoms with Crippen LogP contribution in [0.25, 0.3) is 11.1 Å². The maximum atomic E-state index is 9.84. The molecule has 0 bridgehead atoms. The van der Waals surface area contributed by atoms with Crippen molar-refractivity contribution in [2.24, 2.45) is 0 Å². The Morgan fingerprint density at radius 2 is 0.600 bits per heavy atom. The molecule has 2 unspecified atom stereocenters. The Morgan fingerprint density at radius 3 is 0.800 bits per heavy atom. The van der Waals surface area contributed by atoms with Gasteiger partial charge in [0.15, 0.2) is 0 Å². The van der Waals surface area contributed by atoms with E-state index in [1.165, 1.54) is 32.9 Å². The van der Waals surface area contributed by atoms with E-state index in [4.69, 9.17) is 0 Å². The smallest absolute Gasteiger partial charge is 0.119 e. The molecule has 0 saturated carbocycles. The molecule has 0 fully saturated rings. The Hall–Kier alpha value is -2.66. The van der Waals surface area contributed by atoms with Gasteiger partial charge in [-0.05, 0) is 77.8 Å². The van der Waals surface area contributed by atoms with Gasteiger partial charge in [0.25, 0.3) is 0 Å². The average Bonchev–Trinajstić information content (AvgIpc) is 3.04. The fourth-order valence-corrected chi connectivity index (χ4v) is 4.94. The van der Waals surface area contributed by atoms with Crippen LogP contribution in [-0.4, -0.2) is 10.2 Å². The van der Waals surface area contributed by atoms with Crippen LogP contribution in [0.1, 0.15) is 147 Å². The lowest BCUT2D eigenvalue weighted by Crippen LogP contribution is -2.16. The Kier molecular flexibility index (Phi) is 22.1. The van der Waals surface area contributed by atoms with Gasteiger partial charge in [0.1, 0.15) is 11.5 Å². The van der Waals surface area contributed by atoms with Gasteiger partial charge < -0.3 is 10.2 Å². The molecule has 0 aliphatic heterocycles. The van der Waals surface area contributed by atoms with Gasteiger partial charge in [-0.1, -0.05) is 197 Å². The molecule has 2 atom stereocenters. The third-order valence-electron chi connectivity index (χ3n) is 7.50. The van der Waals surface area contributed by atoms with Crippen molar-refractivity contribution in [2.45, 2.75) is 146 Å². The molecule has 0 aliphatic rings. The molecule has 0 aliphatic carbocycles. The van der Waals surface area contributed by atoms with E-state index >= 15 is 0 Å². The van der Waals surface area contributed by atoms with Crippen molar-refractivity contribution < 1.29 is 10.2 Å². The van der Waals surface area contributed by atoms with Crippen molar-refractivity contribution in [2.75, 3.05) is 0 Å². The molecule has 0 heterocycles. The van der Waals surface area contributed by atoms with E-state index in [0.29, 0.717) is 11.5 Å². The Labute approximate surface area is 314 Å². The average molecular weight is 721 g/mol.